The van der Waals surface area contributed by atoms with Crippen LogP contribution < -0.4 is 24.7 Å². The minimum absolute atomic E-state index is 0.130. The quantitative estimate of drug-likeness (QED) is 0.511. The summed E-state index contributed by atoms with van der Waals surface area (Å²) in [5.74, 6) is 2.12. The Labute approximate surface area is 145 Å². The van der Waals surface area contributed by atoms with Crippen LogP contribution in [0.2, 0.25) is 0 Å². The average molecular weight is 341 g/mol. The summed E-state index contributed by atoms with van der Waals surface area (Å²) in [5, 5.41) is 0. The molecule has 3 rings (SSSR count). The number of nitrogens with two attached hydrogens (primary N) is 1. The van der Waals surface area contributed by atoms with Crippen LogP contribution in [0.4, 0.5) is 5.69 Å². The molecule has 0 aliphatic carbocycles. The van der Waals surface area contributed by atoms with Gasteiger partial charge in [0.25, 0.3) is 0 Å². The van der Waals surface area contributed by atoms with E-state index in [0.29, 0.717) is 39.8 Å². The third-order valence-electron chi connectivity index (χ3n) is 3.95. The van der Waals surface area contributed by atoms with E-state index in [1.165, 1.54) is 7.11 Å². The molecule has 2 N–H and O–H groups in total. The monoisotopic (exact) mass is 341 g/mol. The van der Waals surface area contributed by atoms with Crippen molar-refractivity contribution in [3.8, 4) is 23.0 Å². The number of hydrogen-bond acceptors (Lipinski definition) is 6. The molecule has 2 aromatic rings. The van der Waals surface area contributed by atoms with Crippen molar-refractivity contribution in [2.75, 3.05) is 26.7 Å². The Balaban J connectivity index is 1.94. The first-order chi connectivity index (χ1) is 12.0. The molecular formula is C19H19NO5. The second-order valence-electron chi connectivity index (χ2n) is 5.54. The summed E-state index contributed by atoms with van der Waals surface area (Å²) in [7, 11) is 3.08. The van der Waals surface area contributed by atoms with Crippen LogP contribution in [0.5, 0.6) is 23.0 Å². The maximum atomic E-state index is 12.7. The molecule has 2 aromatic carbocycles. The zero-order valence-corrected chi connectivity index (χ0v) is 14.3. The Bertz CT molecular complexity index is 857. The van der Waals surface area contributed by atoms with Crippen LogP contribution in [0, 0.1) is 0 Å². The van der Waals surface area contributed by atoms with E-state index in [1.54, 1.807) is 44.4 Å². The van der Waals surface area contributed by atoms with Crippen LogP contribution in [-0.2, 0) is 0 Å². The van der Waals surface area contributed by atoms with E-state index < -0.39 is 0 Å². The molecule has 6 nitrogen and oxygen atoms in total. The first-order valence-corrected chi connectivity index (χ1v) is 7.68. The van der Waals surface area contributed by atoms with Gasteiger partial charge in [-0.2, -0.15) is 0 Å². The van der Waals surface area contributed by atoms with Crippen LogP contribution >= 0.6 is 0 Å². The summed E-state index contributed by atoms with van der Waals surface area (Å²) < 4.78 is 21.3. The molecule has 1 aliphatic rings. The van der Waals surface area contributed by atoms with E-state index in [1.807, 2.05) is 6.07 Å². The molecule has 0 fully saturated rings. The van der Waals surface area contributed by atoms with Crippen LogP contribution in [0.15, 0.2) is 35.9 Å². The van der Waals surface area contributed by atoms with Gasteiger partial charge in [-0.1, -0.05) is 0 Å². The Morgan fingerprint density at radius 3 is 2.64 bits per heavy atom. The van der Waals surface area contributed by atoms with Crippen LogP contribution in [0.3, 0.4) is 0 Å². The second kappa shape index (κ2) is 6.76. The third-order valence-corrected chi connectivity index (χ3v) is 3.95. The Hall–Kier alpha value is -3.15. The topological polar surface area (TPSA) is 80.0 Å². The van der Waals surface area contributed by atoms with Gasteiger partial charge in [-0.15, -0.1) is 0 Å². The predicted molar refractivity (Wildman–Crippen MR) is 94.5 cm³/mol. The zero-order valence-electron chi connectivity index (χ0n) is 14.3. The minimum Gasteiger partial charge on any atom is -0.495 e. The largest absolute Gasteiger partial charge is 0.495 e. The lowest BCUT2D eigenvalue weighted by atomic mass is 10.0. The number of benzene rings is 2. The standard InChI is InChI=1S/C19H19NO5/c1-11(17(21)12-4-6-15(22-2)14(20)9-12)8-13-5-7-16-19(18(13)23-3)25-10-24-16/h4-9H,10,20H2,1-3H3. The van der Waals surface area contributed by atoms with E-state index in [2.05, 4.69) is 0 Å². The molecule has 1 aliphatic heterocycles. The maximum absolute atomic E-state index is 12.7. The number of hydrogen-bond donors (Lipinski definition) is 1. The molecule has 0 saturated heterocycles. The number of nitrogen functional groups attached to an aromatic ring is 1. The number of Topliss-reactive ketones (excluding diaryl/α,β-unsaturated/α-hetero) is 1. The van der Waals surface area contributed by atoms with Gasteiger partial charge >= 0.3 is 0 Å². The normalized spacial score (nSPS) is 12.8. The van der Waals surface area contributed by atoms with Crippen molar-refractivity contribution in [2.24, 2.45) is 0 Å². The van der Waals surface area contributed by atoms with Gasteiger partial charge in [0, 0.05) is 11.1 Å². The summed E-state index contributed by atoms with van der Waals surface area (Å²) in [6.07, 6.45) is 1.75. The fourth-order valence-electron chi connectivity index (χ4n) is 2.69. The zero-order chi connectivity index (χ0) is 18.0. The lowest BCUT2D eigenvalue weighted by Crippen LogP contribution is -2.03. The van der Waals surface area contributed by atoms with Crippen LogP contribution in [-0.4, -0.2) is 26.8 Å². The molecule has 0 spiro atoms. The van der Waals surface area contributed by atoms with Gasteiger partial charge in [-0.25, -0.2) is 0 Å². The fourth-order valence-corrected chi connectivity index (χ4v) is 2.69. The van der Waals surface area contributed by atoms with Crippen molar-refractivity contribution < 1.29 is 23.7 Å². The number of methoxy groups -OCH3 is 2. The molecule has 0 unspecified atom stereocenters. The van der Waals surface area contributed by atoms with E-state index in [0.717, 1.165) is 5.56 Å². The summed E-state index contributed by atoms with van der Waals surface area (Å²) in [6.45, 7) is 1.90. The maximum Gasteiger partial charge on any atom is 0.231 e. The second-order valence-corrected chi connectivity index (χ2v) is 5.54. The highest BCUT2D eigenvalue weighted by molar-refractivity contribution is 6.11. The van der Waals surface area contributed by atoms with Crippen LogP contribution in [0.25, 0.3) is 6.08 Å². The van der Waals surface area contributed by atoms with Gasteiger partial charge in [-0.3, -0.25) is 4.79 Å². The van der Waals surface area contributed by atoms with E-state index in [4.69, 9.17) is 24.7 Å². The number of ketones is 1. The van der Waals surface area contributed by atoms with Gasteiger partial charge in [-0.05, 0) is 48.9 Å². The number of allylic oxidation sites excluding steroid dienone is 1. The van der Waals surface area contributed by atoms with Crippen LogP contribution in [0.1, 0.15) is 22.8 Å². The number of ether oxygens (including phenoxy) is 4. The van der Waals surface area contributed by atoms with Crippen molar-refractivity contribution in [3.05, 3.63) is 47.0 Å². The van der Waals surface area contributed by atoms with Gasteiger partial charge < -0.3 is 24.7 Å². The molecule has 0 atom stereocenters. The van der Waals surface area contributed by atoms with Gasteiger partial charge in [0.05, 0.1) is 19.9 Å². The fraction of sp³-hybridized carbons (Fsp3) is 0.211. The SMILES string of the molecule is COc1ccc(C(=O)C(C)=Cc2ccc3c(c2OC)OCO3)cc1N. The summed E-state index contributed by atoms with van der Waals surface area (Å²) in [6, 6.07) is 8.59. The molecule has 130 valence electrons. The highest BCUT2D eigenvalue weighted by atomic mass is 16.7. The molecule has 1 heterocycles. The molecule has 0 radical (unpaired) electrons. The van der Waals surface area contributed by atoms with E-state index in [-0.39, 0.29) is 12.6 Å². The van der Waals surface area contributed by atoms with E-state index in [9.17, 15) is 4.79 Å². The molecule has 0 saturated carbocycles. The molecule has 0 bridgehead atoms. The summed E-state index contributed by atoms with van der Waals surface area (Å²) in [4.78, 5) is 12.7. The first kappa shape index (κ1) is 16.7. The first-order valence-electron chi connectivity index (χ1n) is 7.68. The summed E-state index contributed by atoms with van der Waals surface area (Å²) >= 11 is 0. The molecule has 25 heavy (non-hydrogen) atoms. The lowest BCUT2D eigenvalue weighted by molar-refractivity contribution is 0.103. The average Bonchev–Trinajstić information content (AvgIpc) is 3.09. The Kier molecular flexibility index (Phi) is 4.52. The highest BCUT2D eigenvalue weighted by Crippen LogP contribution is 2.43. The van der Waals surface area contributed by atoms with Crippen molar-refractivity contribution in [1.29, 1.82) is 0 Å². The van der Waals surface area contributed by atoms with Crippen molar-refractivity contribution in [3.63, 3.8) is 0 Å². The van der Waals surface area contributed by atoms with Gasteiger partial charge in [0.15, 0.2) is 17.3 Å². The van der Waals surface area contributed by atoms with Gasteiger partial charge in [0.2, 0.25) is 12.5 Å². The lowest BCUT2D eigenvalue weighted by Gasteiger charge is -2.10. The number of carbonyl (C=O) groups is 1. The Morgan fingerprint density at radius 1 is 1.16 bits per heavy atom. The number of rotatable bonds is 5. The van der Waals surface area contributed by atoms with Crippen molar-refractivity contribution in [2.45, 2.75) is 6.92 Å². The number of fused-ring (bicyclic) bond motifs is 1. The number of carbonyl (C=O) groups excluding carboxylic acids is 1. The number of anilines is 1. The van der Waals surface area contributed by atoms with Crippen molar-refractivity contribution >= 4 is 17.5 Å². The van der Waals surface area contributed by atoms with Gasteiger partial charge in [0.1, 0.15) is 5.75 Å². The molecule has 0 aromatic heterocycles. The third kappa shape index (κ3) is 3.10. The molecule has 6 heteroatoms. The Morgan fingerprint density at radius 2 is 1.96 bits per heavy atom. The highest BCUT2D eigenvalue weighted by Gasteiger charge is 2.21. The molecule has 0 amide bonds. The molecular weight excluding hydrogens is 322 g/mol. The van der Waals surface area contributed by atoms with Crippen molar-refractivity contribution in [1.82, 2.24) is 0 Å². The minimum atomic E-state index is -0.130. The summed E-state index contributed by atoms with van der Waals surface area (Å²) in [5.41, 5.74) is 8.07. The predicted octanol–water partition coefficient (Wildman–Crippen LogP) is 3.30. The smallest absolute Gasteiger partial charge is 0.231 e. The van der Waals surface area contributed by atoms with E-state index >= 15 is 0 Å².